The van der Waals surface area contributed by atoms with E-state index in [1.807, 2.05) is 49.4 Å². The molecule has 26 heavy (non-hydrogen) atoms. The summed E-state index contributed by atoms with van der Waals surface area (Å²) in [4.78, 5) is 8.52. The molecule has 3 rings (SSSR count). The molecule has 6 nitrogen and oxygen atoms in total. The molecule has 0 fully saturated rings. The van der Waals surface area contributed by atoms with Crippen molar-refractivity contribution in [3.63, 3.8) is 0 Å². The lowest BCUT2D eigenvalue weighted by Gasteiger charge is -2.12. The van der Waals surface area contributed by atoms with Gasteiger partial charge in [-0.15, -0.1) is 0 Å². The average molecular weight is 371 g/mol. The average Bonchev–Trinajstić information content (AvgIpc) is 2.64. The topological polar surface area (TPSA) is 68.3 Å². The van der Waals surface area contributed by atoms with Crippen LogP contribution in [0.1, 0.15) is 5.56 Å². The van der Waals surface area contributed by atoms with Crippen LogP contribution in [0.4, 0.5) is 23.0 Å². The van der Waals surface area contributed by atoms with Gasteiger partial charge < -0.3 is 20.1 Å². The first-order valence-electron chi connectivity index (χ1n) is 7.93. The van der Waals surface area contributed by atoms with Crippen molar-refractivity contribution < 1.29 is 9.47 Å². The highest BCUT2D eigenvalue weighted by Gasteiger charge is 2.07. The predicted octanol–water partition coefficient (Wildman–Crippen LogP) is 4.94. The SMILES string of the molecule is COc1ccc(Nc2cc(Nc3ccc(Cl)cc3C)ncn2)cc1OC. The Balaban J connectivity index is 1.79. The fourth-order valence-electron chi connectivity index (χ4n) is 2.46. The zero-order valence-electron chi connectivity index (χ0n) is 14.7. The summed E-state index contributed by atoms with van der Waals surface area (Å²) in [6.07, 6.45) is 1.50. The molecule has 0 aliphatic carbocycles. The largest absolute Gasteiger partial charge is 0.493 e. The standard InChI is InChI=1S/C19H19ClN4O2/c1-12-8-13(20)4-6-15(12)24-19-10-18(21-11-22-19)23-14-5-7-16(25-2)17(9-14)26-3/h4-11H,1-3H3,(H2,21,22,23,24). The molecule has 1 heterocycles. The number of aromatic nitrogens is 2. The van der Waals surface area contributed by atoms with Crippen LogP contribution in [0.15, 0.2) is 48.8 Å². The molecule has 0 aliphatic rings. The van der Waals surface area contributed by atoms with Gasteiger partial charge in [-0.3, -0.25) is 0 Å². The molecule has 134 valence electrons. The van der Waals surface area contributed by atoms with E-state index in [2.05, 4.69) is 20.6 Å². The highest BCUT2D eigenvalue weighted by molar-refractivity contribution is 6.30. The molecule has 0 spiro atoms. The van der Waals surface area contributed by atoms with Crippen molar-refractivity contribution in [3.8, 4) is 11.5 Å². The van der Waals surface area contributed by atoms with Crippen molar-refractivity contribution in [2.75, 3.05) is 24.9 Å². The Morgan fingerprint density at radius 1 is 0.846 bits per heavy atom. The van der Waals surface area contributed by atoms with E-state index >= 15 is 0 Å². The zero-order chi connectivity index (χ0) is 18.5. The van der Waals surface area contributed by atoms with E-state index in [1.54, 1.807) is 14.2 Å². The van der Waals surface area contributed by atoms with Crippen molar-refractivity contribution in [1.29, 1.82) is 0 Å². The Morgan fingerprint density at radius 3 is 2.27 bits per heavy atom. The van der Waals surface area contributed by atoms with Gasteiger partial charge in [0.2, 0.25) is 0 Å². The number of aryl methyl sites for hydroxylation is 1. The quantitative estimate of drug-likeness (QED) is 0.640. The third kappa shape index (κ3) is 4.15. The second-order valence-electron chi connectivity index (χ2n) is 5.57. The van der Waals surface area contributed by atoms with Crippen LogP contribution >= 0.6 is 11.6 Å². The molecule has 0 amide bonds. The lowest BCUT2D eigenvalue weighted by Crippen LogP contribution is -2.00. The van der Waals surface area contributed by atoms with Gasteiger partial charge >= 0.3 is 0 Å². The van der Waals surface area contributed by atoms with E-state index in [9.17, 15) is 0 Å². The minimum Gasteiger partial charge on any atom is -0.493 e. The smallest absolute Gasteiger partial charge is 0.162 e. The number of ether oxygens (including phenoxy) is 2. The second-order valence-corrected chi connectivity index (χ2v) is 6.00. The van der Waals surface area contributed by atoms with Crippen molar-refractivity contribution in [3.05, 3.63) is 59.4 Å². The summed E-state index contributed by atoms with van der Waals surface area (Å²) in [5.41, 5.74) is 2.80. The summed E-state index contributed by atoms with van der Waals surface area (Å²) in [6.45, 7) is 1.98. The van der Waals surface area contributed by atoms with Gasteiger partial charge in [0.25, 0.3) is 0 Å². The molecule has 0 saturated carbocycles. The fraction of sp³-hybridized carbons (Fsp3) is 0.158. The first-order chi connectivity index (χ1) is 12.6. The first kappa shape index (κ1) is 17.8. The molecule has 0 radical (unpaired) electrons. The van der Waals surface area contributed by atoms with Gasteiger partial charge in [0, 0.05) is 28.5 Å². The number of anilines is 4. The van der Waals surface area contributed by atoms with Crippen molar-refractivity contribution in [1.82, 2.24) is 9.97 Å². The summed E-state index contributed by atoms with van der Waals surface area (Å²) in [5, 5.41) is 7.20. The molecule has 2 aromatic carbocycles. The number of nitrogens with zero attached hydrogens (tertiary/aromatic N) is 2. The van der Waals surface area contributed by atoms with Crippen LogP contribution < -0.4 is 20.1 Å². The third-order valence-electron chi connectivity index (χ3n) is 3.77. The minimum absolute atomic E-state index is 0.640. The number of nitrogens with one attached hydrogen (secondary N) is 2. The third-order valence-corrected chi connectivity index (χ3v) is 4.01. The fourth-order valence-corrected chi connectivity index (χ4v) is 2.69. The van der Waals surface area contributed by atoms with Gasteiger partial charge in [-0.2, -0.15) is 0 Å². The normalized spacial score (nSPS) is 10.3. The van der Waals surface area contributed by atoms with Crippen molar-refractivity contribution >= 4 is 34.6 Å². The molecule has 3 aromatic rings. The van der Waals surface area contributed by atoms with Gasteiger partial charge in [-0.05, 0) is 42.8 Å². The lowest BCUT2D eigenvalue weighted by atomic mass is 10.2. The first-order valence-corrected chi connectivity index (χ1v) is 8.31. The molecular weight excluding hydrogens is 352 g/mol. The van der Waals surface area contributed by atoms with E-state index in [0.29, 0.717) is 28.2 Å². The van der Waals surface area contributed by atoms with Gasteiger partial charge in [0.15, 0.2) is 11.5 Å². The zero-order valence-corrected chi connectivity index (χ0v) is 15.5. The highest BCUT2D eigenvalue weighted by Crippen LogP contribution is 2.31. The number of halogens is 1. The van der Waals surface area contributed by atoms with Gasteiger partial charge in [0.1, 0.15) is 18.0 Å². The Kier molecular flexibility index (Phi) is 5.43. The molecule has 0 bridgehead atoms. The van der Waals surface area contributed by atoms with Gasteiger partial charge in [0.05, 0.1) is 14.2 Å². The van der Waals surface area contributed by atoms with Crippen LogP contribution in [0.2, 0.25) is 5.02 Å². The molecule has 0 atom stereocenters. The summed E-state index contributed by atoms with van der Waals surface area (Å²) < 4.78 is 10.6. The summed E-state index contributed by atoms with van der Waals surface area (Å²) in [7, 11) is 3.20. The van der Waals surface area contributed by atoms with E-state index in [-0.39, 0.29) is 0 Å². The Labute approximate surface area is 157 Å². The van der Waals surface area contributed by atoms with Crippen LogP contribution in [-0.2, 0) is 0 Å². The van der Waals surface area contributed by atoms with E-state index in [1.165, 1.54) is 6.33 Å². The molecule has 1 aromatic heterocycles. The van der Waals surface area contributed by atoms with Gasteiger partial charge in [-0.1, -0.05) is 11.6 Å². The van der Waals surface area contributed by atoms with Crippen molar-refractivity contribution in [2.45, 2.75) is 6.92 Å². The lowest BCUT2D eigenvalue weighted by molar-refractivity contribution is 0.355. The number of hydrogen-bond acceptors (Lipinski definition) is 6. The molecule has 2 N–H and O–H groups in total. The Hall–Kier alpha value is -2.99. The van der Waals surface area contributed by atoms with Crippen LogP contribution in [-0.4, -0.2) is 24.2 Å². The number of hydrogen-bond donors (Lipinski definition) is 2. The number of methoxy groups -OCH3 is 2. The number of benzene rings is 2. The molecular formula is C19H19ClN4O2. The summed E-state index contributed by atoms with van der Waals surface area (Å²) >= 11 is 6.00. The monoisotopic (exact) mass is 370 g/mol. The van der Waals surface area contributed by atoms with Crippen LogP contribution in [0.5, 0.6) is 11.5 Å². The predicted molar refractivity (Wildman–Crippen MR) is 104 cm³/mol. The molecule has 0 saturated heterocycles. The number of rotatable bonds is 6. The van der Waals surface area contributed by atoms with E-state index in [0.717, 1.165) is 16.9 Å². The Morgan fingerprint density at radius 2 is 1.58 bits per heavy atom. The molecule has 0 unspecified atom stereocenters. The molecule has 0 aliphatic heterocycles. The van der Waals surface area contributed by atoms with Crippen molar-refractivity contribution in [2.24, 2.45) is 0 Å². The maximum absolute atomic E-state index is 6.00. The maximum Gasteiger partial charge on any atom is 0.162 e. The van der Waals surface area contributed by atoms with Crippen LogP contribution in [0.3, 0.4) is 0 Å². The second kappa shape index (κ2) is 7.93. The van der Waals surface area contributed by atoms with E-state index in [4.69, 9.17) is 21.1 Å². The summed E-state index contributed by atoms with van der Waals surface area (Å²) in [5.74, 6) is 2.64. The summed E-state index contributed by atoms with van der Waals surface area (Å²) in [6, 6.07) is 13.0. The highest BCUT2D eigenvalue weighted by atomic mass is 35.5. The maximum atomic E-state index is 6.00. The Bertz CT molecular complexity index is 918. The minimum atomic E-state index is 0.640. The van der Waals surface area contributed by atoms with Crippen LogP contribution in [0, 0.1) is 6.92 Å². The molecule has 7 heteroatoms. The van der Waals surface area contributed by atoms with Gasteiger partial charge in [-0.25, -0.2) is 9.97 Å². The van der Waals surface area contributed by atoms with E-state index < -0.39 is 0 Å². The van der Waals surface area contributed by atoms with Crippen LogP contribution in [0.25, 0.3) is 0 Å².